The Morgan fingerprint density at radius 3 is 2.35 bits per heavy atom. The highest BCUT2D eigenvalue weighted by atomic mass is 16.3. The van der Waals surface area contributed by atoms with Crippen molar-refractivity contribution in [3.05, 3.63) is 35.4 Å². The van der Waals surface area contributed by atoms with Crippen molar-refractivity contribution in [1.29, 1.82) is 0 Å². The monoisotopic (exact) mass is 237 g/mol. The van der Waals surface area contributed by atoms with Crippen molar-refractivity contribution in [2.45, 2.75) is 26.8 Å². The van der Waals surface area contributed by atoms with Gasteiger partial charge in [-0.3, -0.25) is 0 Å². The molecule has 1 unspecified atom stereocenters. The molecular weight excluding hydrogens is 214 g/mol. The van der Waals surface area contributed by atoms with E-state index in [-0.39, 0.29) is 19.3 Å². The van der Waals surface area contributed by atoms with Crippen LogP contribution in [0.4, 0.5) is 0 Å². The Hall–Kier alpha value is -0.900. The fourth-order valence-corrected chi connectivity index (χ4v) is 1.74. The average molecular weight is 237 g/mol. The smallest absolute Gasteiger partial charge is 0.0519 e. The number of hydrogen-bond acceptors (Lipinski definition) is 3. The molecule has 0 saturated heterocycles. The predicted molar refractivity (Wildman–Crippen MR) is 69.9 cm³/mol. The van der Waals surface area contributed by atoms with Crippen LogP contribution in [0.3, 0.4) is 0 Å². The van der Waals surface area contributed by atoms with E-state index in [4.69, 9.17) is 0 Å². The van der Waals surface area contributed by atoms with Crippen LogP contribution >= 0.6 is 0 Å². The van der Waals surface area contributed by atoms with Crippen LogP contribution < -0.4 is 5.32 Å². The summed E-state index contributed by atoms with van der Waals surface area (Å²) in [6.45, 7) is 6.61. The Morgan fingerprint density at radius 2 is 1.82 bits per heavy atom. The van der Waals surface area contributed by atoms with E-state index in [1.165, 1.54) is 11.1 Å². The number of hydrogen-bond donors (Lipinski definition) is 3. The quantitative estimate of drug-likeness (QED) is 0.705. The minimum atomic E-state index is -0.461. The maximum atomic E-state index is 9.22. The van der Waals surface area contributed by atoms with Crippen molar-refractivity contribution in [1.82, 2.24) is 5.32 Å². The molecule has 3 nitrogen and oxygen atoms in total. The third kappa shape index (κ3) is 3.80. The molecule has 0 bridgehead atoms. The van der Waals surface area contributed by atoms with Crippen LogP contribution in [0.2, 0.25) is 0 Å². The molecule has 96 valence electrons. The predicted octanol–water partition coefficient (Wildman–Crippen LogP) is 1.64. The SMILES string of the molecule is Cc1ccccc1C(C)NCC(C)(CO)CO. The fraction of sp³-hybridized carbons (Fsp3) is 0.571. The van der Waals surface area contributed by atoms with Gasteiger partial charge in [0, 0.05) is 18.0 Å². The molecule has 3 heteroatoms. The molecule has 0 aromatic heterocycles. The summed E-state index contributed by atoms with van der Waals surface area (Å²) in [6.07, 6.45) is 0. The Balaban J connectivity index is 2.62. The maximum Gasteiger partial charge on any atom is 0.0519 e. The molecule has 0 aliphatic carbocycles. The number of rotatable bonds is 6. The van der Waals surface area contributed by atoms with Crippen molar-refractivity contribution in [2.24, 2.45) is 5.41 Å². The summed E-state index contributed by atoms with van der Waals surface area (Å²) in [5.41, 5.74) is 2.05. The van der Waals surface area contributed by atoms with Crippen LogP contribution in [0.5, 0.6) is 0 Å². The zero-order valence-electron chi connectivity index (χ0n) is 10.9. The topological polar surface area (TPSA) is 52.5 Å². The lowest BCUT2D eigenvalue weighted by Gasteiger charge is -2.27. The summed E-state index contributed by atoms with van der Waals surface area (Å²) in [7, 11) is 0. The van der Waals surface area contributed by atoms with E-state index in [0.29, 0.717) is 6.54 Å². The molecule has 0 saturated carbocycles. The lowest BCUT2D eigenvalue weighted by Crippen LogP contribution is -2.39. The van der Waals surface area contributed by atoms with E-state index < -0.39 is 5.41 Å². The number of benzene rings is 1. The molecule has 3 N–H and O–H groups in total. The Bertz CT molecular complexity index is 348. The molecule has 0 amide bonds. The second-order valence-corrected chi connectivity index (χ2v) is 5.09. The largest absolute Gasteiger partial charge is 0.396 e. The average Bonchev–Trinajstić information content (AvgIpc) is 2.36. The molecule has 0 heterocycles. The van der Waals surface area contributed by atoms with Crippen molar-refractivity contribution >= 4 is 0 Å². The first-order chi connectivity index (χ1) is 8.02. The summed E-state index contributed by atoms with van der Waals surface area (Å²) in [4.78, 5) is 0. The molecular formula is C14H23NO2. The molecule has 1 aromatic rings. The third-order valence-electron chi connectivity index (χ3n) is 3.25. The zero-order chi connectivity index (χ0) is 12.9. The van der Waals surface area contributed by atoms with Gasteiger partial charge in [-0.05, 0) is 25.0 Å². The van der Waals surface area contributed by atoms with Crippen LogP contribution in [0.1, 0.15) is 31.0 Å². The first-order valence-electron chi connectivity index (χ1n) is 6.03. The Kier molecular flexibility index (Phi) is 5.12. The Morgan fingerprint density at radius 1 is 1.24 bits per heavy atom. The van der Waals surface area contributed by atoms with Gasteiger partial charge in [-0.15, -0.1) is 0 Å². The summed E-state index contributed by atoms with van der Waals surface area (Å²) in [5.74, 6) is 0. The second-order valence-electron chi connectivity index (χ2n) is 5.09. The Labute approximate surface area is 103 Å². The lowest BCUT2D eigenvalue weighted by atomic mass is 9.92. The van der Waals surface area contributed by atoms with Gasteiger partial charge in [-0.2, -0.15) is 0 Å². The minimum Gasteiger partial charge on any atom is -0.396 e. The van der Waals surface area contributed by atoms with Crippen LogP contribution in [-0.2, 0) is 0 Å². The highest BCUT2D eigenvalue weighted by molar-refractivity contribution is 5.28. The maximum absolute atomic E-state index is 9.22. The van der Waals surface area contributed by atoms with Gasteiger partial charge in [0.15, 0.2) is 0 Å². The van der Waals surface area contributed by atoms with Crippen LogP contribution in [-0.4, -0.2) is 30.0 Å². The summed E-state index contributed by atoms with van der Waals surface area (Å²) < 4.78 is 0. The van der Waals surface area contributed by atoms with Crippen molar-refractivity contribution in [2.75, 3.05) is 19.8 Å². The number of aliphatic hydroxyl groups excluding tert-OH is 2. The first kappa shape index (κ1) is 14.2. The molecule has 1 rings (SSSR count). The van der Waals surface area contributed by atoms with Gasteiger partial charge in [-0.1, -0.05) is 31.2 Å². The van der Waals surface area contributed by atoms with Gasteiger partial charge in [-0.25, -0.2) is 0 Å². The van der Waals surface area contributed by atoms with E-state index in [1.807, 2.05) is 19.1 Å². The molecule has 0 fully saturated rings. The number of nitrogens with one attached hydrogen (secondary N) is 1. The molecule has 17 heavy (non-hydrogen) atoms. The molecule has 0 aliphatic rings. The van der Waals surface area contributed by atoms with Crippen molar-refractivity contribution in [3.63, 3.8) is 0 Å². The van der Waals surface area contributed by atoms with Crippen LogP contribution in [0, 0.1) is 12.3 Å². The normalized spacial score (nSPS) is 13.7. The summed E-state index contributed by atoms with van der Waals surface area (Å²) >= 11 is 0. The number of aryl methyl sites for hydroxylation is 1. The van der Waals surface area contributed by atoms with E-state index in [0.717, 1.165) is 0 Å². The van der Waals surface area contributed by atoms with Gasteiger partial charge >= 0.3 is 0 Å². The molecule has 0 aliphatic heterocycles. The standard InChI is InChI=1S/C14H23NO2/c1-11-6-4-5-7-13(11)12(2)15-8-14(3,9-16)10-17/h4-7,12,15-17H,8-10H2,1-3H3. The van der Waals surface area contributed by atoms with Crippen molar-refractivity contribution < 1.29 is 10.2 Å². The van der Waals surface area contributed by atoms with Gasteiger partial charge in [0.1, 0.15) is 0 Å². The number of aliphatic hydroxyl groups is 2. The highest BCUT2D eigenvalue weighted by Gasteiger charge is 2.23. The van der Waals surface area contributed by atoms with E-state index in [1.54, 1.807) is 0 Å². The van der Waals surface area contributed by atoms with Gasteiger partial charge in [0.05, 0.1) is 13.2 Å². The molecule has 0 spiro atoms. The molecule has 1 atom stereocenters. The highest BCUT2D eigenvalue weighted by Crippen LogP contribution is 2.19. The summed E-state index contributed by atoms with van der Waals surface area (Å²) in [6, 6.07) is 8.45. The van der Waals surface area contributed by atoms with E-state index in [2.05, 4.69) is 31.3 Å². The second kappa shape index (κ2) is 6.15. The fourth-order valence-electron chi connectivity index (χ4n) is 1.74. The minimum absolute atomic E-state index is 0.0169. The van der Waals surface area contributed by atoms with Crippen molar-refractivity contribution in [3.8, 4) is 0 Å². The van der Waals surface area contributed by atoms with Crippen LogP contribution in [0.25, 0.3) is 0 Å². The van der Waals surface area contributed by atoms with Gasteiger partial charge in [0.2, 0.25) is 0 Å². The first-order valence-corrected chi connectivity index (χ1v) is 6.03. The molecule has 0 radical (unpaired) electrons. The van der Waals surface area contributed by atoms with Crippen LogP contribution in [0.15, 0.2) is 24.3 Å². The zero-order valence-corrected chi connectivity index (χ0v) is 10.9. The third-order valence-corrected chi connectivity index (χ3v) is 3.25. The van der Waals surface area contributed by atoms with Gasteiger partial charge in [0.25, 0.3) is 0 Å². The van der Waals surface area contributed by atoms with E-state index in [9.17, 15) is 10.2 Å². The van der Waals surface area contributed by atoms with E-state index >= 15 is 0 Å². The van der Waals surface area contributed by atoms with Gasteiger partial charge < -0.3 is 15.5 Å². The summed E-state index contributed by atoms with van der Waals surface area (Å²) in [5, 5.41) is 21.8. The molecule has 1 aromatic carbocycles. The lowest BCUT2D eigenvalue weighted by molar-refractivity contribution is 0.0677.